The normalized spacial score (nSPS) is 26.6. The van der Waals surface area contributed by atoms with Crippen LogP contribution in [-0.2, 0) is 4.79 Å². The molecule has 3 aromatic rings. The van der Waals surface area contributed by atoms with Crippen LogP contribution in [0.4, 0.5) is 14.5 Å². The second kappa shape index (κ2) is 10.4. The molecule has 0 unspecified atom stereocenters. The van der Waals surface area contributed by atoms with Crippen molar-refractivity contribution < 1.29 is 18.7 Å². The number of aromatic nitrogens is 3. The lowest BCUT2D eigenvalue weighted by atomic mass is 9.65. The number of benzene rings is 2. The highest BCUT2D eigenvalue weighted by atomic mass is 35.5. The van der Waals surface area contributed by atoms with Gasteiger partial charge in [-0.25, -0.2) is 13.5 Å². The maximum Gasteiger partial charge on any atom is 0.309 e. The molecule has 11 heteroatoms. The molecule has 1 aliphatic carbocycles. The van der Waals surface area contributed by atoms with Gasteiger partial charge in [-0.3, -0.25) is 4.79 Å². The predicted molar refractivity (Wildman–Crippen MR) is 152 cm³/mol. The van der Waals surface area contributed by atoms with E-state index in [2.05, 4.69) is 20.1 Å². The van der Waals surface area contributed by atoms with E-state index >= 15 is 0 Å². The molecule has 0 radical (unpaired) electrons. The first-order valence-corrected chi connectivity index (χ1v) is 14.6. The number of carbonyl (C=O) groups is 1. The number of carboxylic acid groups (broad SMARTS) is 1. The van der Waals surface area contributed by atoms with Gasteiger partial charge in [0.05, 0.1) is 17.0 Å². The van der Waals surface area contributed by atoms with Crippen LogP contribution in [0.2, 0.25) is 10.0 Å². The summed E-state index contributed by atoms with van der Waals surface area (Å²) >= 11 is 12.5. The lowest BCUT2D eigenvalue weighted by molar-refractivity contribution is -0.158. The fraction of sp³-hybridized carbons (Fsp3) is 0.552. The highest BCUT2D eigenvalue weighted by Gasteiger charge is 2.49. The van der Waals surface area contributed by atoms with Gasteiger partial charge in [-0.2, -0.15) is 0 Å². The van der Waals surface area contributed by atoms with Gasteiger partial charge in [0, 0.05) is 47.0 Å². The Kier molecular flexibility index (Phi) is 7.20. The minimum atomic E-state index is -2.68. The van der Waals surface area contributed by atoms with Crippen LogP contribution in [-0.4, -0.2) is 63.2 Å². The predicted octanol–water partition coefficient (Wildman–Crippen LogP) is 6.69. The van der Waals surface area contributed by atoms with Crippen molar-refractivity contribution in [3.8, 4) is 0 Å². The number of carboxylic acids is 1. The maximum atomic E-state index is 14.2. The largest absolute Gasteiger partial charge is 0.481 e. The van der Waals surface area contributed by atoms with E-state index in [0.29, 0.717) is 46.3 Å². The molecule has 40 heavy (non-hydrogen) atoms. The van der Waals surface area contributed by atoms with E-state index in [1.54, 1.807) is 22.9 Å². The van der Waals surface area contributed by atoms with Gasteiger partial charge in [-0.05, 0) is 87.7 Å². The van der Waals surface area contributed by atoms with Crippen molar-refractivity contribution in [3.05, 3.63) is 51.5 Å². The molecule has 2 atom stereocenters. The monoisotopic (exact) mass is 591 g/mol. The van der Waals surface area contributed by atoms with E-state index in [-0.39, 0.29) is 17.1 Å². The molecular formula is C29H33Cl2F2N5O2. The van der Waals surface area contributed by atoms with Crippen molar-refractivity contribution in [1.82, 2.24) is 19.9 Å². The van der Waals surface area contributed by atoms with Gasteiger partial charge in [0.15, 0.2) is 0 Å². The van der Waals surface area contributed by atoms with Crippen LogP contribution in [0.5, 0.6) is 0 Å². The Hall–Kier alpha value is -2.49. The van der Waals surface area contributed by atoms with Crippen LogP contribution in [0.15, 0.2) is 30.3 Å². The molecule has 214 valence electrons. The fourth-order valence-electron chi connectivity index (χ4n) is 6.85. The molecule has 1 aromatic heterocycles. The molecule has 7 nitrogen and oxygen atoms in total. The zero-order valence-corrected chi connectivity index (χ0v) is 24.0. The Morgan fingerprint density at radius 3 is 2.52 bits per heavy atom. The lowest BCUT2D eigenvalue weighted by Gasteiger charge is -2.52. The highest BCUT2D eigenvalue weighted by molar-refractivity contribution is 6.35. The number of halogens is 4. The molecule has 3 fully saturated rings. The SMILES string of the molecule is C[C@H](c1ccc(Cl)cc1Cl)n1nnc2c(C(F)F)cc(N3CC([C@H]4CCCN(C5CC(C)(C(=O)O)C5)C4)C3)cc21. The van der Waals surface area contributed by atoms with Gasteiger partial charge in [0.1, 0.15) is 5.52 Å². The van der Waals surface area contributed by atoms with Crippen LogP contribution >= 0.6 is 23.2 Å². The van der Waals surface area contributed by atoms with Crippen LogP contribution in [0.1, 0.15) is 63.1 Å². The summed E-state index contributed by atoms with van der Waals surface area (Å²) < 4.78 is 30.0. The highest BCUT2D eigenvalue weighted by Crippen LogP contribution is 2.46. The summed E-state index contributed by atoms with van der Waals surface area (Å²) in [6.07, 6.45) is 1.01. The number of alkyl halides is 2. The summed E-state index contributed by atoms with van der Waals surface area (Å²) in [7, 11) is 0. The number of hydrogen-bond donors (Lipinski definition) is 1. The van der Waals surface area contributed by atoms with E-state index in [0.717, 1.165) is 50.3 Å². The summed E-state index contributed by atoms with van der Waals surface area (Å²) in [6, 6.07) is 8.70. The van der Waals surface area contributed by atoms with Crippen molar-refractivity contribution in [1.29, 1.82) is 0 Å². The van der Waals surface area contributed by atoms with Crippen LogP contribution in [0.25, 0.3) is 11.0 Å². The van der Waals surface area contributed by atoms with Crippen LogP contribution < -0.4 is 4.90 Å². The molecule has 3 heterocycles. The molecule has 0 bridgehead atoms. The number of piperidine rings is 1. The van der Waals surface area contributed by atoms with Crippen molar-refractivity contribution in [2.75, 3.05) is 31.1 Å². The third-order valence-electron chi connectivity index (χ3n) is 9.44. The topological polar surface area (TPSA) is 74.5 Å². The number of rotatable bonds is 7. The average Bonchev–Trinajstić information content (AvgIpc) is 3.29. The number of anilines is 1. The molecular weight excluding hydrogens is 559 g/mol. The van der Waals surface area contributed by atoms with Gasteiger partial charge in [-0.15, -0.1) is 5.10 Å². The molecule has 2 aliphatic heterocycles. The number of hydrogen-bond acceptors (Lipinski definition) is 5. The number of fused-ring (bicyclic) bond motifs is 1. The third kappa shape index (κ3) is 4.84. The fourth-order valence-corrected chi connectivity index (χ4v) is 7.42. The Bertz CT molecular complexity index is 1440. The van der Waals surface area contributed by atoms with Gasteiger partial charge >= 0.3 is 5.97 Å². The Morgan fingerprint density at radius 2 is 1.85 bits per heavy atom. The minimum absolute atomic E-state index is 0.119. The van der Waals surface area contributed by atoms with Crippen molar-refractivity contribution in [2.45, 2.75) is 58.0 Å². The summed E-state index contributed by atoms with van der Waals surface area (Å²) in [6.45, 7) is 7.38. The van der Waals surface area contributed by atoms with Gasteiger partial charge in [0.2, 0.25) is 0 Å². The minimum Gasteiger partial charge on any atom is -0.481 e. The van der Waals surface area contributed by atoms with Gasteiger partial charge in [0.25, 0.3) is 6.43 Å². The summed E-state index contributed by atoms with van der Waals surface area (Å²) in [5.41, 5.74) is 1.56. The molecule has 2 aromatic carbocycles. The first kappa shape index (κ1) is 27.7. The summed E-state index contributed by atoms with van der Waals surface area (Å²) in [5, 5.41) is 18.9. The quantitative estimate of drug-likeness (QED) is 0.330. The smallest absolute Gasteiger partial charge is 0.309 e. The van der Waals surface area contributed by atoms with Gasteiger partial charge < -0.3 is 14.9 Å². The molecule has 6 rings (SSSR count). The van der Waals surface area contributed by atoms with E-state index in [9.17, 15) is 18.7 Å². The van der Waals surface area contributed by atoms with E-state index in [1.807, 2.05) is 26.0 Å². The summed E-state index contributed by atoms with van der Waals surface area (Å²) in [5.74, 6) is 0.308. The second-order valence-electron chi connectivity index (χ2n) is 12.1. The van der Waals surface area contributed by atoms with Crippen molar-refractivity contribution in [3.63, 3.8) is 0 Å². The van der Waals surface area contributed by atoms with Crippen molar-refractivity contribution >= 4 is 45.9 Å². The molecule has 1 saturated carbocycles. The van der Waals surface area contributed by atoms with Crippen LogP contribution in [0, 0.1) is 17.3 Å². The Labute approximate surface area is 242 Å². The molecule has 2 saturated heterocycles. The second-order valence-corrected chi connectivity index (χ2v) is 12.9. The third-order valence-corrected chi connectivity index (χ3v) is 10.0. The zero-order valence-electron chi connectivity index (χ0n) is 22.5. The lowest BCUT2D eigenvalue weighted by Crippen LogP contribution is -2.58. The first-order chi connectivity index (χ1) is 19.0. The number of nitrogens with zero attached hydrogens (tertiary/aromatic N) is 5. The molecule has 0 spiro atoms. The van der Waals surface area contributed by atoms with E-state index in [1.165, 1.54) is 0 Å². The van der Waals surface area contributed by atoms with Crippen LogP contribution in [0.3, 0.4) is 0 Å². The number of aliphatic carboxylic acids is 1. The molecule has 0 amide bonds. The molecule has 1 N–H and O–H groups in total. The molecule has 3 aliphatic rings. The Morgan fingerprint density at radius 1 is 1.10 bits per heavy atom. The number of likely N-dealkylation sites (tertiary alicyclic amines) is 1. The first-order valence-electron chi connectivity index (χ1n) is 13.9. The van der Waals surface area contributed by atoms with Gasteiger partial charge in [-0.1, -0.05) is 34.5 Å². The van der Waals surface area contributed by atoms with Crippen molar-refractivity contribution in [2.24, 2.45) is 17.3 Å². The van der Waals surface area contributed by atoms with E-state index in [4.69, 9.17) is 23.2 Å². The zero-order chi connectivity index (χ0) is 28.3. The maximum absolute atomic E-state index is 14.2. The Balaban J connectivity index is 1.19. The summed E-state index contributed by atoms with van der Waals surface area (Å²) in [4.78, 5) is 16.2. The van der Waals surface area contributed by atoms with E-state index < -0.39 is 17.8 Å². The standard InChI is InChI=1S/C29H33Cl2F2N5O2/c1-16(22-6-5-19(30)8-24(22)31)38-25-10-20(9-23(27(32)33)26(25)34-35-38)37-14-18(15-37)17-4-3-7-36(13-17)21-11-29(2,12-21)28(39)40/h5-6,8-10,16-18,21,27H,3-4,7,11-15H2,1-2H3,(H,39,40)/t16-,17+,21?,29?/m1/s1. The average molecular weight is 593 g/mol.